The zero-order valence-corrected chi connectivity index (χ0v) is 16.6. The molecular weight excluding hydrogens is 414 g/mol. The molecule has 0 unspecified atom stereocenters. The Kier molecular flexibility index (Phi) is 6.03. The fourth-order valence-corrected chi connectivity index (χ4v) is 2.84. The summed E-state index contributed by atoms with van der Waals surface area (Å²) in [5.41, 5.74) is -1.64. The minimum absolute atomic E-state index is 0.222. The van der Waals surface area contributed by atoms with Gasteiger partial charge in [0.05, 0.1) is 19.9 Å². The third-order valence-electron chi connectivity index (χ3n) is 4.11. The van der Waals surface area contributed by atoms with Crippen LogP contribution in [0.25, 0.3) is 5.69 Å². The van der Waals surface area contributed by atoms with E-state index in [4.69, 9.17) is 16.3 Å². The van der Waals surface area contributed by atoms with Gasteiger partial charge in [-0.1, -0.05) is 29.8 Å². The van der Waals surface area contributed by atoms with Gasteiger partial charge < -0.3 is 19.7 Å². The molecule has 0 atom stereocenters. The smallest absolute Gasteiger partial charge is 0.347 e. The van der Waals surface area contributed by atoms with Gasteiger partial charge in [-0.3, -0.25) is 4.79 Å². The van der Waals surface area contributed by atoms with Crippen LogP contribution in [-0.4, -0.2) is 35.0 Å². The van der Waals surface area contributed by atoms with Crippen LogP contribution in [0.4, 0.5) is 11.4 Å². The summed E-state index contributed by atoms with van der Waals surface area (Å²) in [5.74, 6) is -2.44. The average molecular weight is 430 g/mol. The maximum absolute atomic E-state index is 13.0. The maximum atomic E-state index is 13.0. The number of rotatable bonds is 5. The molecule has 2 aromatic carbocycles. The molecule has 0 saturated heterocycles. The number of nitrogens with zero attached hydrogens (tertiary/aromatic N) is 3. The van der Waals surface area contributed by atoms with E-state index in [0.717, 1.165) is 11.7 Å². The van der Waals surface area contributed by atoms with Gasteiger partial charge in [-0.15, -0.1) is 10.2 Å². The summed E-state index contributed by atoms with van der Waals surface area (Å²) < 4.78 is 10.6. The van der Waals surface area contributed by atoms with Crippen LogP contribution in [0.15, 0.2) is 63.6 Å². The van der Waals surface area contributed by atoms with Gasteiger partial charge in [-0.25, -0.2) is 9.36 Å². The Morgan fingerprint density at radius 1 is 1.07 bits per heavy atom. The van der Waals surface area contributed by atoms with E-state index in [2.05, 4.69) is 15.0 Å². The van der Waals surface area contributed by atoms with Crippen LogP contribution < -0.4 is 10.3 Å². The molecule has 0 spiro atoms. The first-order valence-corrected chi connectivity index (χ1v) is 8.86. The van der Waals surface area contributed by atoms with Gasteiger partial charge in [0.25, 0.3) is 5.56 Å². The summed E-state index contributed by atoms with van der Waals surface area (Å²) in [6, 6.07) is 12.6. The highest BCUT2D eigenvalue weighted by Gasteiger charge is 2.28. The first kappa shape index (κ1) is 20.9. The van der Waals surface area contributed by atoms with Gasteiger partial charge in [0.1, 0.15) is 11.4 Å². The van der Waals surface area contributed by atoms with E-state index in [-0.39, 0.29) is 17.1 Å². The molecule has 9 nitrogen and oxygen atoms in total. The quantitative estimate of drug-likeness (QED) is 0.464. The van der Waals surface area contributed by atoms with E-state index in [9.17, 15) is 19.8 Å². The molecule has 0 amide bonds. The third kappa shape index (κ3) is 3.83. The second kappa shape index (κ2) is 8.66. The number of aromatic nitrogens is 1. The molecule has 3 aromatic rings. The molecule has 30 heavy (non-hydrogen) atoms. The number of benzene rings is 2. The molecule has 0 bridgehead atoms. The standard InChI is InChI=1S/C20H16ClN3O6/c1-29-14-10-11(21)8-9-13(14)22-23-16-17(25)15(20(28)30-2)18(26)24(19(16)27)12-6-4-3-5-7-12/h3-10,25-26H,1-2H3. The third-order valence-corrected chi connectivity index (χ3v) is 4.34. The predicted octanol–water partition coefficient (Wildman–Crippen LogP) is 4.11. The minimum atomic E-state index is -1.06. The van der Waals surface area contributed by atoms with Crippen molar-refractivity contribution in [1.82, 2.24) is 4.57 Å². The molecular formula is C20H16ClN3O6. The Labute approximate surface area is 175 Å². The molecule has 0 aliphatic carbocycles. The number of aromatic hydroxyl groups is 2. The highest BCUT2D eigenvalue weighted by Crippen LogP contribution is 2.37. The Hall–Kier alpha value is -3.85. The summed E-state index contributed by atoms with van der Waals surface area (Å²) in [6.07, 6.45) is 0. The van der Waals surface area contributed by atoms with Crippen molar-refractivity contribution in [2.45, 2.75) is 0 Å². The van der Waals surface area contributed by atoms with E-state index < -0.39 is 34.4 Å². The number of hydrogen-bond donors (Lipinski definition) is 2. The summed E-state index contributed by atoms with van der Waals surface area (Å²) >= 11 is 5.92. The number of methoxy groups -OCH3 is 2. The largest absolute Gasteiger partial charge is 0.504 e. The molecule has 10 heteroatoms. The van der Waals surface area contributed by atoms with Crippen molar-refractivity contribution in [3.05, 3.63) is 69.5 Å². The van der Waals surface area contributed by atoms with E-state index in [1.807, 2.05) is 0 Å². The Morgan fingerprint density at radius 2 is 1.77 bits per heavy atom. The lowest BCUT2D eigenvalue weighted by molar-refractivity contribution is 0.0592. The van der Waals surface area contributed by atoms with Crippen molar-refractivity contribution >= 4 is 28.9 Å². The first-order valence-electron chi connectivity index (χ1n) is 8.49. The maximum Gasteiger partial charge on any atom is 0.347 e. The van der Waals surface area contributed by atoms with Crippen LogP contribution in [0.1, 0.15) is 10.4 Å². The lowest BCUT2D eigenvalue weighted by Crippen LogP contribution is -2.21. The molecule has 0 radical (unpaired) electrons. The van der Waals surface area contributed by atoms with Gasteiger partial charge >= 0.3 is 5.97 Å². The van der Waals surface area contributed by atoms with E-state index in [0.29, 0.717) is 5.02 Å². The fraction of sp³-hybridized carbons (Fsp3) is 0.100. The highest BCUT2D eigenvalue weighted by atomic mass is 35.5. The van der Waals surface area contributed by atoms with Crippen molar-refractivity contribution in [3.8, 4) is 23.1 Å². The summed E-state index contributed by atoms with van der Waals surface area (Å²) in [7, 11) is 2.47. The number of para-hydroxylation sites is 1. The van der Waals surface area contributed by atoms with Crippen LogP contribution in [-0.2, 0) is 4.74 Å². The topological polar surface area (TPSA) is 123 Å². The fourth-order valence-electron chi connectivity index (χ4n) is 2.67. The van der Waals surface area contributed by atoms with E-state index >= 15 is 0 Å². The lowest BCUT2D eigenvalue weighted by Gasteiger charge is -2.14. The van der Waals surface area contributed by atoms with Gasteiger partial charge in [0, 0.05) is 11.1 Å². The zero-order valence-electron chi connectivity index (χ0n) is 15.9. The predicted molar refractivity (Wildman–Crippen MR) is 109 cm³/mol. The van der Waals surface area contributed by atoms with E-state index in [1.165, 1.54) is 37.4 Å². The van der Waals surface area contributed by atoms with Crippen molar-refractivity contribution in [3.63, 3.8) is 0 Å². The lowest BCUT2D eigenvalue weighted by atomic mass is 10.2. The van der Waals surface area contributed by atoms with Crippen LogP contribution in [0.2, 0.25) is 5.02 Å². The summed E-state index contributed by atoms with van der Waals surface area (Å²) in [4.78, 5) is 25.1. The molecule has 3 rings (SSSR count). The molecule has 1 aromatic heterocycles. The van der Waals surface area contributed by atoms with Crippen molar-refractivity contribution in [2.75, 3.05) is 14.2 Å². The normalized spacial score (nSPS) is 10.9. The van der Waals surface area contributed by atoms with Gasteiger partial charge in [-0.05, 0) is 24.3 Å². The number of carbonyl (C=O) groups is 1. The molecule has 2 N–H and O–H groups in total. The van der Waals surface area contributed by atoms with Gasteiger partial charge in [-0.2, -0.15) is 0 Å². The Balaban J connectivity index is 2.27. The molecule has 0 saturated carbocycles. The van der Waals surface area contributed by atoms with Gasteiger partial charge in [0.15, 0.2) is 17.0 Å². The molecule has 154 valence electrons. The zero-order chi connectivity index (χ0) is 21.8. The van der Waals surface area contributed by atoms with Crippen LogP contribution in [0.5, 0.6) is 17.4 Å². The average Bonchev–Trinajstić information content (AvgIpc) is 2.74. The SMILES string of the molecule is COC(=O)c1c(O)c(N=Nc2ccc(Cl)cc2OC)c(=O)n(-c2ccccc2)c1O. The number of pyridine rings is 1. The second-order valence-corrected chi connectivity index (χ2v) is 6.32. The Bertz CT molecular complexity index is 1190. The Morgan fingerprint density at radius 3 is 2.40 bits per heavy atom. The molecule has 1 heterocycles. The van der Waals surface area contributed by atoms with Crippen LogP contribution >= 0.6 is 11.6 Å². The summed E-state index contributed by atoms with van der Waals surface area (Å²) in [5, 5.41) is 29.2. The monoisotopic (exact) mass is 429 g/mol. The number of esters is 1. The van der Waals surface area contributed by atoms with Crippen molar-refractivity contribution in [1.29, 1.82) is 0 Å². The van der Waals surface area contributed by atoms with Crippen molar-refractivity contribution < 1.29 is 24.5 Å². The number of carbonyl (C=O) groups excluding carboxylic acids is 1. The number of ether oxygens (including phenoxy) is 2. The minimum Gasteiger partial charge on any atom is -0.504 e. The second-order valence-electron chi connectivity index (χ2n) is 5.88. The summed E-state index contributed by atoms with van der Waals surface area (Å²) in [6.45, 7) is 0. The first-order chi connectivity index (χ1) is 14.4. The molecule has 0 fully saturated rings. The number of halogens is 1. The molecule has 0 aliphatic heterocycles. The molecule has 0 aliphatic rings. The number of azo groups is 1. The van der Waals surface area contributed by atoms with Crippen LogP contribution in [0, 0.1) is 0 Å². The van der Waals surface area contributed by atoms with E-state index in [1.54, 1.807) is 18.2 Å². The number of hydrogen-bond acceptors (Lipinski definition) is 8. The van der Waals surface area contributed by atoms with Crippen LogP contribution in [0.3, 0.4) is 0 Å². The highest BCUT2D eigenvalue weighted by molar-refractivity contribution is 6.30. The van der Waals surface area contributed by atoms with Gasteiger partial charge in [0.2, 0.25) is 5.88 Å². The van der Waals surface area contributed by atoms with Crippen molar-refractivity contribution in [2.24, 2.45) is 10.2 Å².